The number of nitriles is 1. The van der Waals surface area contributed by atoms with Crippen LogP contribution in [0.25, 0.3) is 60.2 Å². The van der Waals surface area contributed by atoms with Crippen molar-refractivity contribution in [1.82, 2.24) is 80.8 Å². The third-order valence-corrected chi connectivity index (χ3v) is 23.7. The molecule has 0 atom stereocenters. The number of rotatable bonds is 16. The topological polar surface area (TPSA) is 320 Å². The Morgan fingerprint density at radius 1 is 0.427 bits per heavy atom. The standard InChI is InChI=1S/C21H17ClN4O.C18H15ClN2O2.C17H19ClN2O2.C17H15N5O.C16H15ClN4O/c22-15-6-7-17-14(12-15)13-18(23-17)20(27)24-21(9-10-21)19-8-11-26(25-19)16-4-2-1-3-5-16;19-14-6-7-15-12(8-14)9-16(20-15)17(22)21-18(10-23-11-18)13-4-2-1-3-5-13;18-13-1-2-14-11(9-13)10-15(19-14)16(21)20-17(5-6-17)12-3-7-22-8-4-12;1-22-10-13(9-19-22)17(4-5-17)21-16(23)15-7-12-6-11(8-18)2-3-14(12)20-15;1-21-9-11(8-18-21)16(4-5-16)20-15(22)14-7-10-6-12(17)2-3-13(10)19-14/h1-8,11-13,23H,9-10H2,(H,24,27);1-9,20H,10-11H2,(H,21,22);1-2,9-10,12,19H,3-8H2,(H,20,21);2-3,6-7,9-10,20H,4-5H2,1H3,(H,21,23);2-3,6-9,19H,4-5H2,1H3,(H,20,22). The third-order valence-electron chi connectivity index (χ3n) is 22.8. The van der Waals surface area contributed by atoms with Crippen molar-refractivity contribution in [2.24, 2.45) is 20.0 Å². The van der Waals surface area contributed by atoms with E-state index in [-0.39, 0.29) is 51.7 Å². The van der Waals surface area contributed by atoms with Crippen molar-refractivity contribution in [3.63, 3.8) is 0 Å². The van der Waals surface area contributed by atoms with E-state index in [2.05, 4.69) is 67.8 Å². The van der Waals surface area contributed by atoms with Gasteiger partial charge in [-0.3, -0.25) is 33.3 Å². The lowest BCUT2D eigenvalue weighted by Crippen LogP contribution is -2.59. The van der Waals surface area contributed by atoms with E-state index in [4.69, 9.17) is 66.2 Å². The predicted molar refractivity (Wildman–Crippen MR) is 451 cm³/mol. The van der Waals surface area contributed by atoms with Gasteiger partial charge in [0.15, 0.2) is 0 Å². The molecule has 6 aliphatic rings. The Morgan fingerprint density at radius 3 is 1.17 bits per heavy atom. The molecule has 21 rings (SSSR count). The summed E-state index contributed by atoms with van der Waals surface area (Å²) < 4.78 is 16.1. The first kappa shape index (κ1) is 77.4. The molecule has 10 N–H and O–H groups in total. The van der Waals surface area contributed by atoms with Crippen LogP contribution in [0.4, 0.5) is 0 Å². The van der Waals surface area contributed by atoms with Crippen molar-refractivity contribution in [3.8, 4) is 11.8 Å². The first-order valence-electron chi connectivity index (χ1n) is 38.7. The Bertz CT molecular complexity index is 6310. The number of benzene rings is 7. The SMILES string of the molecule is Cn1cc(C2(NC(=O)c3cc4cc(C#N)ccc4[nH]3)CC2)cn1.Cn1cc(C2(NC(=O)c3cc4cc(Cl)ccc4[nH]3)CC2)cn1.O=C(NC1(C2CCOCC2)CC1)c1cc2cc(Cl)ccc2[nH]1.O=C(NC1(c2ccccc2)COC1)c1cc2cc(Cl)ccc2[nH]1.O=C(NC1(c2ccn(-c3ccccc3)n2)CC1)c1cc2cc(Cl)ccc2[nH]1. The molecule has 24 nitrogen and oxygen atoms in total. The maximum Gasteiger partial charge on any atom is 0.268 e. The smallest absolute Gasteiger partial charge is 0.268 e. The van der Waals surface area contributed by atoms with Crippen molar-refractivity contribution in [2.75, 3.05) is 26.4 Å². The molecule has 117 heavy (non-hydrogen) atoms. The number of ether oxygens (including phenoxy) is 2. The Kier molecular flexibility index (Phi) is 21.0. The lowest BCUT2D eigenvalue weighted by atomic mass is 9.88. The monoisotopic (exact) mass is 1640 g/mol. The minimum Gasteiger partial charge on any atom is -0.381 e. The summed E-state index contributed by atoms with van der Waals surface area (Å²) in [6, 6.07) is 60.5. The maximum atomic E-state index is 12.8. The average Bonchev–Trinajstić information content (AvgIpc) is 1.65. The molecule has 2 aliphatic heterocycles. The second-order valence-electron chi connectivity index (χ2n) is 31.0. The molecule has 10 heterocycles. The summed E-state index contributed by atoms with van der Waals surface area (Å²) in [7, 11) is 3.74. The van der Waals surface area contributed by atoms with E-state index in [0.717, 1.165) is 160 Å². The van der Waals surface area contributed by atoms with Crippen molar-refractivity contribution >= 4 is 130 Å². The van der Waals surface area contributed by atoms with Gasteiger partial charge in [0.05, 0.1) is 65.2 Å². The highest BCUT2D eigenvalue weighted by Gasteiger charge is 2.52. The number of aromatic nitrogens is 11. The first-order chi connectivity index (χ1) is 56.6. The van der Waals surface area contributed by atoms with Gasteiger partial charge in [-0.2, -0.15) is 20.6 Å². The normalized spacial score (nSPS) is 16.6. The highest BCUT2D eigenvalue weighted by molar-refractivity contribution is 6.32. The summed E-state index contributed by atoms with van der Waals surface area (Å²) in [6.07, 6.45) is 19.2. The molecule has 15 aromatic rings. The third kappa shape index (κ3) is 16.8. The molecule has 4 aliphatic carbocycles. The van der Waals surface area contributed by atoms with Crippen LogP contribution in [0.5, 0.6) is 0 Å². The number of hydrogen-bond acceptors (Lipinski definition) is 11. The second-order valence-corrected chi connectivity index (χ2v) is 32.8. The molecular formula is C89H81Cl4N17O7. The quantitative estimate of drug-likeness (QED) is 0.0433. The summed E-state index contributed by atoms with van der Waals surface area (Å²) in [6.45, 7) is 2.59. The number of halogens is 4. The number of H-pyrrole nitrogens is 5. The Balaban J connectivity index is 0.000000105. The lowest BCUT2D eigenvalue weighted by molar-refractivity contribution is -0.0734. The van der Waals surface area contributed by atoms with Crippen LogP contribution in [0.1, 0.15) is 145 Å². The van der Waals surface area contributed by atoms with Crippen LogP contribution in [0.3, 0.4) is 0 Å². The van der Waals surface area contributed by atoms with Crippen LogP contribution in [0.2, 0.25) is 20.1 Å². The van der Waals surface area contributed by atoms with Crippen LogP contribution in [-0.2, 0) is 45.7 Å². The van der Waals surface area contributed by atoms with E-state index >= 15 is 0 Å². The van der Waals surface area contributed by atoms with Gasteiger partial charge in [-0.1, -0.05) is 94.9 Å². The number of para-hydroxylation sites is 1. The highest BCUT2D eigenvalue weighted by atomic mass is 35.5. The maximum absolute atomic E-state index is 12.8. The minimum atomic E-state index is -0.451. The number of nitrogens with one attached hydrogen (secondary N) is 10. The van der Waals surface area contributed by atoms with Gasteiger partial charge in [0.25, 0.3) is 29.5 Å². The average molecular weight is 1640 g/mol. The van der Waals surface area contributed by atoms with Gasteiger partial charge in [0, 0.05) is 137 Å². The largest absolute Gasteiger partial charge is 0.381 e. The van der Waals surface area contributed by atoms with E-state index in [0.29, 0.717) is 73.3 Å². The van der Waals surface area contributed by atoms with Crippen molar-refractivity contribution in [1.29, 1.82) is 5.26 Å². The molecule has 592 valence electrons. The number of hydrogen-bond donors (Lipinski definition) is 10. The molecule has 6 fully saturated rings. The Labute approximate surface area is 691 Å². The molecule has 5 amide bonds. The van der Waals surface area contributed by atoms with Crippen LogP contribution < -0.4 is 26.6 Å². The van der Waals surface area contributed by atoms with Gasteiger partial charge in [0.1, 0.15) is 34.0 Å². The fourth-order valence-electron chi connectivity index (χ4n) is 15.5. The van der Waals surface area contributed by atoms with E-state index in [1.165, 1.54) is 0 Å². The van der Waals surface area contributed by atoms with Gasteiger partial charge < -0.3 is 61.0 Å². The number of carbonyl (C=O) groups excluding carboxylic acids is 5. The molecule has 0 radical (unpaired) electrons. The van der Waals surface area contributed by atoms with Gasteiger partial charge >= 0.3 is 0 Å². The number of aryl methyl sites for hydroxylation is 2. The summed E-state index contributed by atoms with van der Waals surface area (Å²) >= 11 is 24.0. The molecule has 0 spiro atoms. The van der Waals surface area contributed by atoms with Gasteiger partial charge in [-0.25, -0.2) is 4.68 Å². The molecule has 2 saturated heterocycles. The molecule has 0 unspecified atom stereocenters. The van der Waals surface area contributed by atoms with Gasteiger partial charge in [0.2, 0.25) is 0 Å². The number of fused-ring (bicyclic) bond motifs is 5. The van der Waals surface area contributed by atoms with Crippen molar-refractivity contribution < 1.29 is 33.4 Å². The summed E-state index contributed by atoms with van der Waals surface area (Å²) in [5, 5.41) is 45.0. The molecule has 8 aromatic heterocycles. The van der Waals surface area contributed by atoms with Crippen LogP contribution in [0.15, 0.2) is 219 Å². The van der Waals surface area contributed by atoms with E-state index < -0.39 is 5.54 Å². The van der Waals surface area contributed by atoms with Crippen LogP contribution in [0, 0.1) is 17.2 Å². The summed E-state index contributed by atoms with van der Waals surface area (Å²) in [5.74, 6) is 0.00799. The van der Waals surface area contributed by atoms with E-state index in [1.54, 1.807) is 52.0 Å². The number of amides is 5. The zero-order valence-corrected chi connectivity index (χ0v) is 66.8. The fourth-order valence-corrected chi connectivity index (χ4v) is 16.2. The van der Waals surface area contributed by atoms with Gasteiger partial charge in [-0.05, 0) is 215 Å². The molecule has 28 heteroatoms. The molecule has 7 aromatic carbocycles. The number of nitrogens with zero attached hydrogens (tertiary/aromatic N) is 7. The van der Waals surface area contributed by atoms with Gasteiger partial charge in [-0.15, -0.1) is 0 Å². The van der Waals surface area contributed by atoms with Crippen molar-refractivity contribution in [2.45, 2.75) is 91.9 Å². The predicted octanol–water partition coefficient (Wildman–Crippen LogP) is 16.6. The fraction of sp³-hybridized carbons (Fsp3) is 0.247. The Morgan fingerprint density at radius 2 is 0.803 bits per heavy atom. The number of carbonyl (C=O) groups is 5. The van der Waals surface area contributed by atoms with Crippen LogP contribution >= 0.6 is 46.4 Å². The Hall–Kier alpha value is -12.2. The molecule has 0 bridgehead atoms. The van der Waals surface area contributed by atoms with E-state index in [9.17, 15) is 24.0 Å². The number of aromatic amines is 5. The molecular weight excluding hydrogens is 1560 g/mol. The minimum absolute atomic E-state index is 0.00416. The second kappa shape index (κ2) is 31.8. The zero-order chi connectivity index (χ0) is 80.8. The van der Waals surface area contributed by atoms with E-state index in [1.807, 2.05) is 195 Å². The summed E-state index contributed by atoms with van der Waals surface area (Å²) in [4.78, 5) is 78.9. The van der Waals surface area contributed by atoms with Crippen molar-refractivity contribution in [3.05, 3.63) is 296 Å². The lowest BCUT2D eigenvalue weighted by Gasteiger charge is -2.42. The first-order valence-corrected chi connectivity index (χ1v) is 40.2. The highest BCUT2D eigenvalue weighted by Crippen LogP contribution is 2.49. The zero-order valence-electron chi connectivity index (χ0n) is 63.8. The summed E-state index contributed by atoms with van der Waals surface area (Å²) in [5.41, 5.74) is 11.4. The van der Waals surface area contributed by atoms with Crippen LogP contribution in [-0.4, -0.2) is 116 Å². The molecule has 4 saturated carbocycles.